The molecule has 0 radical (unpaired) electrons. The first-order valence-corrected chi connectivity index (χ1v) is 7.65. The van der Waals surface area contributed by atoms with Gasteiger partial charge in [0.1, 0.15) is 5.60 Å². The third-order valence-electron chi connectivity index (χ3n) is 2.91. The average Bonchev–Trinajstić information content (AvgIpc) is 2.27. The van der Waals surface area contributed by atoms with E-state index in [0.29, 0.717) is 18.5 Å². The molecule has 1 aliphatic rings. The highest BCUT2D eigenvalue weighted by Crippen LogP contribution is 2.36. The molecule has 18 heavy (non-hydrogen) atoms. The SMILES string of the molecule is CC1(c2ccccc2S(=O)(=O)Cl)CCNC(=O)O1. The molecule has 0 saturated carbocycles. The standard InChI is InChI=1S/C11H12ClNO4S/c1-11(6-7-13-10(14)17-11)8-4-2-3-5-9(8)18(12,15)16/h2-5H,6-7H2,1H3,(H,13,14). The third kappa shape index (κ3) is 2.44. The van der Waals surface area contributed by atoms with Crippen LogP contribution in [0.25, 0.3) is 0 Å². The van der Waals surface area contributed by atoms with Crippen LogP contribution in [0.1, 0.15) is 18.9 Å². The van der Waals surface area contributed by atoms with Crippen molar-refractivity contribution in [2.24, 2.45) is 0 Å². The molecule has 1 N–H and O–H groups in total. The number of hydrogen-bond donors (Lipinski definition) is 1. The summed E-state index contributed by atoms with van der Waals surface area (Å²) in [7, 11) is 1.52. The molecule has 5 nitrogen and oxygen atoms in total. The van der Waals surface area contributed by atoms with E-state index in [2.05, 4.69) is 5.32 Å². The van der Waals surface area contributed by atoms with Crippen molar-refractivity contribution in [3.05, 3.63) is 29.8 Å². The second kappa shape index (κ2) is 4.44. The molecule has 1 aromatic carbocycles. The fourth-order valence-electron chi connectivity index (χ4n) is 2.00. The number of cyclic esters (lactones) is 1. The van der Waals surface area contributed by atoms with Crippen molar-refractivity contribution in [1.29, 1.82) is 0 Å². The molecule has 0 aliphatic carbocycles. The van der Waals surface area contributed by atoms with Gasteiger partial charge >= 0.3 is 6.09 Å². The summed E-state index contributed by atoms with van der Waals surface area (Å²) in [6.45, 7) is 2.10. The molecule has 1 unspecified atom stereocenters. The second-order valence-electron chi connectivity index (χ2n) is 4.23. The van der Waals surface area contributed by atoms with Crippen LogP contribution in [0, 0.1) is 0 Å². The maximum Gasteiger partial charge on any atom is 0.408 e. The zero-order valence-electron chi connectivity index (χ0n) is 9.64. The average molecular weight is 290 g/mol. The Kier molecular flexibility index (Phi) is 3.25. The summed E-state index contributed by atoms with van der Waals surface area (Å²) in [5, 5.41) is 2.52. The first kappa shape index (κ1) is 13.2. The number of halogens is 1. The van der Waals surface area contributed by atoms with Crippen molar-refractivity contribution in [2.45, 2.75) is 23.8 Å². The van der Waals surface area contributed by atoms with E-state index >= 15 is 0 Å². The highest BCUT2D eigenvalue weighted by atomic mass is 35.7. The molecule has 1 heterocycles. The van der Waals surface area contributed by atoms with Gasteiger partial charge < -0.3 is 10.1 Å². The van der Waals surface area contributed by atoms with E-state index in [1.54, 1.807) is 25.1 Å². The quantitative estimate of drug-likeness (QED) is 0.845. The minimum atomic E-state index is -3.88. The number of benzene rings is 1. The fraction of sp³-hybridized carbons (Fsp3) is 0.364. The van der Waals surface area contributed by atoms with E-state index in [9.17, 15) is 13.2 Å². The molecular formula is C11H12ClNO4S. The van der Waals surface area contributed by atoms with Gasteiger partial charge in [-0.15, -0.1) is 0 Å². The predicted octanol–water partition coefficient (Wildman–Crippen LogP) is 1.96. The number of nitrogens with one attached hydrogen (secondary N) is 1. The fourth-order valence-corrected chi connectivity index (χ4v) is 3.19. The van der Waals surface area contributed by atoms with Crippen molar-refractivity contribution in [3.8, 4) is 0 Å². The lowest BCUT2D eigenvalue weighted by Gasteiger charge is -2.34. The number of ether oxygens (including phenoxy) is 1. The van der Waals surface area contributed by atoms with Crippen molar-refractivity contribution in [3.63, 3.8) is 0 Å². The normalized spacial score (nSPS) is 24.2. The number of amides is 1. The molecule has 0 spiro atoms. The zero-order valence-corrected chi connectivity index (χ0v) is 11.2. The number of hydrogen-bond acceptors (Lipinski definition) is 4. The van der Waals surface area contributed by atoms with E-state index in [0.717, 1.165) is 0 Å². The van der Waals surface area contributed by atoms with E-state index in [4.69, 9.17) is 15.4 Å². The molecule has 1 atom stereocenters. The number of carbonyl (C=O) groups is 1. The first-order valence-electron chi connectivity index (χ1n) is 5.34. The van der Waals surface area contributed by atoms with E-state index < -0.39 is 20.7 Å². The molecule has 0 aromatic heterocycles. The Morgan fingerprint density at radius 2 is 2.06 bits per heavy atom. The minimum absolute atomic E-state index is 0.0242. The number of alkyl carbamates (subject to hydrolysis) is 1. The van der Waals surface area contributed by atoms with Crippen LogP contribution in [0.3, 0.4) is 0 Å². The van der Waals surface area contributed by atoms with Gasteiger partial charge in [-0.1, -0.05) is 18.2 Å². The van der Waals surface area contributed by atoms with Crippen LogP contribution < -0.4 is 5.32 Å². The Balaban J connectivity index is 2.54. The second-order valence-corrected chi connectivity index (χ2v) is 6.77. The summed E-state index contributed by atoms with van der Waals surface area (Å²) in [5.41, 5.74) is -0.587. The molecule has 1 aliphatic heterocycles. The molecule has 1 aromatic rings. The molecule has 7 heteroatoms. The molecular weight excluding hydrogens is 278 g/mol. The van der Waals surface area contributed by atoms with Gasteiger partial charge in [0.15, 0.2) is 0 Å². The van der Waals surface area contributed by atoms with Crippen molar-refractivity contribution < 1.29 is 17.9 Å². The lowest BCUT2D eigenvalue weighted by Crippen LogP contribution is -2.44. The maximum absolute atomic E-state index is 11.5. The molecule has 98 valence electrons. The van der Waals surface area contributed by atoms with Gasteiger partial charge in [0.05, 0.1) is 4.90 Å². The van der Waals surface area contributed by atoms with Crippen molar-refractivity contribution in [2.75, 3.05) is 6.54 Å². The Morgan fingerprint density at radius 1 is 1.39 bits per heavy atom. The Hall–Kier alpha value is -1.27. The summed E-state index contributed by atoms with van der Waals surface area (Å²) >= 11 is 0. The molecule has 0 bridgehead atoms. The van der Waals surface area contributed by atoms with Crippen LogP contribution in [0.15, 0.2) is 29.2 Å². The first-order chi connectivity index (χ1) is 8.33. The monoisotopic (exact) mass is 289 g/mol. The maximum atomic E-state index is 11.5. The van der Waals surface area contributed by atoms with Gasteiger partial charge in [0, 0.05) is 29.2 Å². The smallest absolute Gasteiger partial charge is 0.408 e. The minimum Gasteiger partial charge on any atom is -0.438 e. The van der Waals surface area contributed by atoms with E-state index in [1.165, 1.54) is 6.07 Å². The van der Waals surface area contributed by atoms with E-state index in [1.807, 2.05) is 0 Å². The third-order valence-corrected chi connectivity index (χ3v) is 4.29. The van der Waals surface area contributed by atoms with Crippen LogP contribution in [0.2, 0.25) is 0 Å². The van der Waals surface area contributed by atoms with Crippen LogP contribution in [0.4, 0.5) is 4.79 Å². The Bertz CT molecular complexity index is 586. The molecule has 2 rings (SSSR count). The Labute approximate surface area is 110 Å². The van der Waals surface area contributed by atoms with Gasteiger partial charge in [-0.2, -0.15) is 0 Å². The number of rotatable bonds is 2. The Morgan fingerprint density at radius 3 is 2.67 bits per heavy atom. The molecule has 1 fully saturated rings. The van der Waals surface area contributed by atoms with Gasteiger partial charge in [-0.3, -0.25) is 0 Å². The lowest BCUT2D eigenvalue weighted by molar-refractivity contribution is -0.00469. The van der Waals surface area contributed by atoms with Crippen LogP contribution in [-0.2, 0) is 19.4 Å². The predicted molar refractivity (Wildman–Crippen MR) is 65.9 cm³/mol. The summed E-state index contributed by atoms with van der Waals surface area (Å²) in [5.74, 6) is 0. The van der Waals surface area contributed by atoms with Crippen LogP contribution >= 0.6 is 10.7 Å². The van der Waals surface area contributed by atoms with Crippen molar-refractivity contribution in [1.82, 2.24) is 5.32 Å². The summed E-state index contributed by atoms with van der Waals surface area (Å²) in [4.78, 5) is 11.3. The lowest BCUT2D eigenvalue weighted by atomic mass is 9.91. The van der Waals surface area contributed by atoms with Crippen LogP contribution in [-0.4, -0.2) is 21.1 Å². The van der Waals surface area contributed by atoms with Gasteiger partial charge in [-0.25, -0.2) is 13.2 Å². The van der Waals surface area contributed by atoms with Crippen molar-refractivity contribution >= 4 is 25.8 Å². The topological polar surface area (TPSA) is 72.5 Å². The van der Waals surface area contributed by atoms with Gasteiger partial charge in [0.25, 0.3) is 9.05 Å². The summed E-state index contributed by atoms with van der Waals surface area (Å²) in [6.07, 6.45) is -0.0900. The van der Waals surface area contributed by atoms with Gasteiger partial charge in [-0.05, 0) is 13.0 Å². The van der Waals surface area contributed by atoms with E-state index in [-0.39, 0.29) is 4.90 Å². The highest BCUT2D eigenvalue weighted by molar-refractivity contribution is 8.13. The van der Waals surface area contributed by atoms with Crippen LogP contribution in [0.5, 0.6) is 0 Å². The number of carbonyl (C=O) groups excluding carboxylic acids is 1. The highest BCUT2D eigenvalue weighted by Gasteiger charge is 2.38. The molecule has 1 amide bonds. The molecule has 1 saturated heterocycles. The summed E-state index contributed by atoms with van der Waals surface area (Å²) in [6, 6.07) is 6.26. The zero-order chi connectivity index (χ0) is 13.4. The summed E-state index contributed by atoms with van der Waals surface area (Å²) < 4.78 is 28.3. The van der Waals surface area contributed by atoms with Gasteiger partial charge in [0.2, 0.25) is 0 Å². The largest absolute Gasteiger partial charge is 0.438 e.